The molecule has 1 saturated heterocycles. The maximum absolute atomic E-state index is 10.8. The smallest absolute Gasteiger partial charge is 0.340 e. The number of tetrazole rings is 1. The highest BCUT2D eigenvalue weighted by atomic mass is 35.5. The molecule has 13 heteroatoms. The zero-order valence-electron chi connectivity index (χ0n) is 29.2. The fourth-order valence-corrected chi connectivity index (χ4v) is 7.08. The van der Waals surface area contributed by atoms with Crippen LogP contribution < -0.4 is 26.7 Å². The van der Waals surface area contributed by atoms with E-state index in [1.807, 2.05) is 119 Å². The Bertz CT molecular complexity index is 2050. The maximum Gasteiger partial charge on any atom is 0.340 e. The molecule has 3 heterocycles. The number of rotatable bonds is 9. The van der Waals surface area contributed by atoms with Crippen LogP contribution in [0.1, 0.15) is 30.4 Å². The monoisotopic (exact) mass is 805 g/mol. The van der Waals surface area contributed by atoms with E-state index >= 15 is 0 Å². The van der Waals surface area contributed by atoms with Gasteiger partial charge in [0, 0.05) is 37.9 Å². The van der Waals surface area contributed by atoms with Gasteiger partial charge in [-0.2, -0.15) is 0 Å². The van der Waals surface area contributed by atoms with Gasteiger partial charge in [-0.25, -0.2) is 0 Å². The molecule has 9 nitrogen and oxygen atoms in total. The molecule has 2 aliphatic heterocycles. The number of carboxylic acids is 1. The van der Waals surface area contributed by atoms with Gasteiger partial charge in [0.1, 0.15) is 23.8 Å². The largest absolute Gasteiger partial charge is 1.00 e. The molecular weight excluding hydrogens is 768 g/mol. The Labute approximate surface area is 336 Å². The normalized spacial score (nSPS) is 14.0. The van der Waals surface area contributed by atoms with Crippen molar-refractivity contribution in [1.29, 1.82) is 0 Å². The predicted octanol–water partition coefficient (Wildman–Crippen LogP) is 5.41. The molecule has 0 atom stereocenters. The summed E-state index contributed by atoms with van der Waals surface area (Å²) in [6.07, 6.45) is 2.07. The molecule has 5 aromatic carbocycles. The van der Waals surface area contributed by atoms with Crippen LogP contribution >= 0.6 is 35.6 Å². The molecule has 1 aromatic heterocycles. The molecule has 8 rings (SSSR count). The Balaban J connectivity index is 0.000000205. The van der Waals surface area contributed by atoms with Gasteiger partial charge < -0.3 is 31.9 Å². The van der Waals surface area contributed by atoms with E-state index in [2.05, 4.69) is 11.0 Å². The van der Waals surface area contributed by atoms with E-state index in [0.717, 1.165) is 59.9 Å². The molecule has 1 N–H and O–H groups in total. The highest BCUT2D eigenvalue weighted by Gasteiger charge is 2.43. The summed E-state index contributed by atoms with van der Waals surface area (Å²) < 4.78 is 12.0. The number of hydrogen-bond acceptors (Lipinski definition) is 6. The summed E-state index contributed by atoms with van der Waals surface area (Å²) in [5, 5.41) is 19.5. The highest BCUT2D eigenvalue weighted by molar-refractivity contribution is 6.35. The average molecular weight is 808 g/mol. The molecule has 1 spiro atoms. The first-order valence-electron chi connectivity index (χ1n) is 17.2. The lowest BCUT2D eigenvalue weighted by atomic mass is 9.74. The molecule has 0 saturated carbocycles. The number of ether oxygens (including phenoxy) is 2. The van der Waals surface area contributed by atoms with Crippen molar-refractivity contribution in [3.05, 3.63) is 149 Å². The number of aromatic nitrogens is 4. The topological polar surface area (TPSA) is 93.6 Å². The average Bonchev–Trinajstić information content (AvgIpc) is 3.78. The Hall–Kier alpha value is -4.64. The molecule has 0 unspecified atom stereocenters. The molecule has 2 aliphatic rings. The van der Waals surface area contributed by atoms with Crippen LogP contribution in [-0.4, -0.2) is 57.2 Å². The third-order valence-corrected chi connectivity index (χ3v) is 10.2. The summed E-state index contributed by atoms with van der Waals surface area (Å²) in [4.78, 5) is 16.7. The highest BCUT2D eigenvalue weighted by Crippen LogP contribution is 2.47. The van der Waals surface area contributed by atoms with E-state index in [-0.39, 0.29) is 36.6 Å². The maximum atomic E-state index is 10.8. The fourth-order valence-electron chi connectivity index (χ4n) is 6.57. The number of piperidine rings is 1. The number of benzene rings is 5. The second-order valence-electron chi connectivity index (χ2n) is 12.8. The van der Waals surface area contributed by atoms with Crippen LogP contribution in [0.3, 0.4) is 0 Å². The Morgan fingerprint density at radius 2 is 1.48 bits per heavy atom. The molecule has 0 radical (unpaired) electrons. The third-order valence-electron chi connectivity index (χ3n) is 9.49. The van der Waals surface area contributed by atoms with Gasteiger partial charge in [0.15, 0.2) is 5.69 Å². The van der Waals surface area contributed by atoms with Gasteiger partial charge in [-0.1, -0.05) is 83.9 Å². The van der Waals surface area contributed by atoms with E-state index in [0.29, 0.717) is 35.6 Å². The zero-order chi connectivity index (χ0) is 35.9. The first kappa shape index (κ1) is 40.5. The molecule has 0 aliphatic carbocycles. The van der Waals surface area contributed by atoms with Crippen LogP contribution in [0.2, 0.25) is 10.0 Å². The standard InChI is InChI=1S/C22H23Cl2NO4.C19H15N4.2ClH/c23-18-2-1-3-19(24)16(18)13-28-15-4-5-20-17(12-15)22(14-29-20)7-10-25(11-8-22)9-6-21(26)27;1-4-10-16(11-5-1)19-20-22(17-12-6-2-7-13-17)23(21-19)18-14-8-3-9-15-18;;/h1-5,12H,6-11,13-14H2,(H,26,27);1-15H;2*1H/q;+1;;/p-1. The van der Waals surface area contributed by atoms with Crippen LogP contribution in [-0.2, 0) is 16.8 Å². The van der Waals surface area contributed by atoms with Gasteiger partial charge in [0.2, 0.25) is 0 Å². The van der Waals surface area contributed by atoms with Crippen molar-refractivity contribution in [2.24, 2.45) is 0 Å². The van der Waals surface area contributed by atoms with Crippen molar-refractivity contribution in [3.8, 4) is 34.3 Å². The van der Waals surface area contributed by atoms with Crippen molar-refractivity contribution in [2.75, 3.05) is 26.2 Å². The minimum atomic E-state index is -0.750. The third kappa shape index (κ3) is 9.35. The van der Waals surface area contributed by atoms with Gasteiger partial charge in [-0.3, -0.25) is 4.79 Å². The fraction of sp³-hybridized carbons (Fsp3) is 0.220. The number of nitrogens with zero attached hydrogens (tertiary/aromatic N) is 5. The number of halogens is 4. The van der Waals surface area contributed by atoms with Gasteiger partial charge in [-0.05, 0) is 103 Å². The van der Waals surface area contributed by atoms with Crippen molar-refractivity contribution in [1.82, 2.24) is 19.9 Å². The van der Waals surface area contributed by atoms with Crippen molar-refractivity contribution in [3.63, 3.8) is 0 Å². The van der Waals surface area contributed by atoms with Crippen molar-refractivity contribution >= 4 is 41.6 Å². The summed E-state index contributed by atoms with van der Waals surface area (Å²) >= 11 is 12.5. The van der Waals surface area contributed by atoms with Crippen LogP contribution in [0.25, 0.3) is 22.8 Å². The molecular formula is C41H39Cl4N5O4. The summed E-state index contributed by atoms with van der Waals surface area (Å²) in [5.74, 6) is 1.61. The molecule has 280 valence electrons. The lowest BCUT2D eigenvalue weighted by Gasteiger charge is -2.38. The lowest BCUT2D eigenvalue weighted by molar-refractivity contribution is -0.734. The zero-order valence-corrected chi connectivity index (χ0v) is 32.3. The number of hydrogen-bond donors (Lipinski definition) is 1. The quantitative estimate of drug-likeness (QED) is 0.196. The Morgan fingerprint density at radius 1 is 0.852 bits per heavy atom. The van der Waals surface area contributed by atoms with E-state index in [9.17, 15) is 4.79 Å². The van der Waals surface area contributed by atoms with Crippen LogP contribution in [0, 0.1) is 0 Å². The number of aliphatic carboxylic acids is 1. The SMILES string of the molecule is Cl.O=C(O)CCN1CCC2(CC1)COc1ccc(OCc3c(Cl)cccc3Cl)cc12.[Cl-].c1ccc(-c2nn(-c3ccccc3)[n+](-c3ccccc3)n2)cc1. The number of fused-ring (bicyclic) bond motifs is 2. The summed E-state index contributed by atoms with van der Waals surface area (Å²) in [6, 6.07) is 41.4. The molecule has 1 fully saturated rings. The number of carboxylic acid groups (broad SMARTS) is 1. The van der Waals surface area contributed by atoms with Gasteiger partial charge in [0.05, 0.1) is 23.7 Å². The Kier molecular flexibility index (Phi) is 14.0. The summed E-state index contributed by atoms with van der Waals surface area (Å²) in [5.41, 5.74) is 4.84. The van der Waals surface area contributed by atoms with E-state index < -0.39 is 5.97 Å². The second-order valence-corrected chi connectivity index (χ2v) is 13.7. The summed E-state index contributed by atoms with van der Waals surface area (Å²) in [7, 11) is 0. The van der Waals surface area contributed by atoms with Crippen LogP contribution in [0.4, 0.5) is 0 Å². The van der Waals surface area contributed by atoms with Crippen LogP contribution in [0.15, 0.2) is 127 Å². The number of carbonyl (C=O) groups is 1. The lowest BCUT2D eigenvalue weighted by Crippen LogP contribution is -3.00. The minimum absolute atomic E-state index is 0. The Morgan fingerprint density at radius 3 is 2.13 bits per heavy atom. The van der Waals surface area contributed by atoms with Gasteiger partial charge in [-0.15, -0.1) is 12.4 Å². The molecule has 54 heavy (non-hydrogen) atoms. The van der Waals surface area contributed by atoms with E-state index in [1.54, 1.807) is 12.1 Å². The van der Waals surface area contributed by atoms with Crippen LogP contribution in [0.5, 0.6) is 11.5 Å². The van der Waals surface area contributed by atoms with E-state index in [4.69, 9.17) is 48.0 Å². The number of para-hydroxylation sites is 2. The van der Waals surface area contributed by atoms with E-state index in [1.165, 1.54) is 5.56 Å². The second kappa shape index (κ2) is 18.6. The van der Waals surface area contributed by atoms with Gasteiger partial charge >= 0.3 is 11.8 Å². The number of likely N-dealkylation sites (tertiary alicyclic amines) is 1. The first-order chi connectivity index (χ1) is 25.4. The molecule has 0 amide bonds. The molecule has 6 aromatic rings. The minimum Gasteiger partial charge on any atom is -1.00 e. The van der Waals surface area contributed by atoms with Crippen molar-refractivity contribution < 1.29 is 36.6 Å². The predicted molar refractivity (Wildman–Crippen MR) is 208 cm³/mol. The summed E-state index contributed by atoms with van der Waals surface area (Å²) in [6.45, 7) is 3.30. The molecule has 0 bridgehead atoms. The van der Waals surface area contributed by atoms with Gasteiger partial charge in [0.25, 0.3) is 0 Å². The first-order valence-corrected chi connectivity index (χ1v) is 18.0. The van der Waals surface area contributed by atoms with Crippen molar-refractivity contribution in [2.45, 2.75) is 31.3 Å².